The van der Waals surface area contributed by atoms with Crippen molar-refractivity contribution >= 4 is 5.97 Å². The Bertz CT molecular complexity index is 445. The van der Waals surface area contributed by atoms with E-state index in [0.29, 0.717) is 25.6 Å². The summed E-state index contributed by atoms with van der Waals surface area (Å²) in [6.07, 6.45) is 1.89. The second-order valence-electron chi connectivity index (χ2n) is 5.53. The van der Waals surface area contributed by atoms with E-state index in [1.807, 2.05) is 20.8 Å². The number of rotatable bonds is 5. The number of piperidine rings is 1. The summed E-state index contributed by atoms with van der Waals surface area (Å²) >= 11 is 0. The molecule has 2 heterocycles. The molecule has 1 aromatic rings. The fourth-order valence-corrected chi connectivity index (χ4v) is 2.41. The third-order valence-corrected chi connectivity index (χ3v) is 3.48. The van der Waals surface area contributed by atoms with E-state index in [1.54, 1.807) is 0 Å². The van der Waals surface area contributed by atoms with Crippen LogP contribution in [0.1, 0.15) is 51.2 Å². The summed E-state index contributed by atoms with van der Waals surface area (Å²) in [5.41, 5.74) is 0. The van der Waals surface area contributed by atoms with E-state index in [1.165, 1.54) is 0 Å². The van der Waals surface area contributed by atoms with Crippen molar-refractivity contribution in [1.29, 1.82) is 0 Å². The molecule has 20 heavy (non-hydrogen) atoms. The van der Waals surface area contributed by atoms with Gasteiger partial charge in [-0.3, -0.25) is 9.69 Å². The number of carbonyl (C=O) groups is 1. The van der Waals surface area contributed by atoms with Gasteiger partial charge in [0, 0.05) is 12.5 Å². The molecular formula is C14H23N3O3. The molecule has 112 valence electrons. The first-order chi connectivity index (χ1) is 9.60. The number of aromatic nitrogens is 2. The average Bonchev–Trinajstić information content (AvgIpc) is 2.88. The molecule has 1 aliphatic rings. The summed E-state index contributed by atoms with van der Waals surface area (Å²) in [7, 11) is 0. The smallest absolute Gasteiger partial charge is 0.310 e. The van der Waals surface area contributed by atoms with Crippen LogP contribution in [0.4, 0.5) is 0 Å². The minimum absolute atomic E-state index is 0.0313. The molecule has 6 heteroatoms. The molecule has 0 aliphatic carbocycles. The number of likely N-dealkylation sites (tertiary alicyclic amines) is 1. The van der Waals surface area contributed by atoms with Gasteiger partial charge in [-0.1, -0.05) is 19.0 Å². The summed E-state index contributed by atoms with van der Waals surface area (Å²) in [4.78, 5) is 18.3. The van der Waals surface area contributed by atoms with Gasteiger partial charge in [-0.25, -0.2) is 0 Å². The summed E-state index contributed by atoms with van der Waals surface area (Å²) in [5, 5.41) is 3.96. The number of ether oxygens (including phenoxy) is 1. The van der Waals surface area contributed by atoms with Crippen LogP contribution in [-0.2, 0) is 16.1 Å². The van der Waals surface area contributed by atoms with Crippen LogP contribution >= 0.6 is 0 Å². The SMILES string of the molecule is CCOC(=O)C1CCCN(Cc2nc(C(C)C)no2)C1. The molecule has 0 bridgehead atoms. The van der Waals surface area contributed by atoms with E-state index in [-0.39, 0.29) is 17.8 Å². The molecular weight excluding hydrogens is 258 g/mol. The van der Waals surface area contributed by atoms with E-state index >= 15 is 0 Å². The second-order valence-corrected chi connectivity index (χ2v) is 5.53. The van der Waals surface area contributed by atoms with Gasteiger partial charge < -0.3 is 9.26 Å². The molecule has 0 spiro atoms. The lowest BCUT2D eigenvalue weighted by molar-refractivity contribution is -0.150. The number of esters is 1. The zero-order valence-electron chi connectivity index (χ0n) is 12.5. The highest BCUT2D eigenvalue weighted by molar-refractivity contribution is 5.72. The molecule has 6 nitrogen and oxygen atoms in total. The Morgan fingerprint density at radius 2 is 2.35 bits per heavy atom. The summed E-state index contributed by atoms with van der Waals surface area (Å²) in [5.74, 6) is 1.50. The lowest BCUT2D eigenvalue weighted by Gasteiger charge is -2.30. The first-order valence-corrected chi connectivity index (χ1v) is 7.31. The lowest BCUT2D eigenvalue weighted by Crippen LogP contribution is -2.39. The molecule has 1 fully saturated rings. The zero-order valence-corrected chi connectivity index (χ0v) is 12.5. The Kier molecular flexibility index (Phi) is 5.11. The van der Waals surface area contributed by atoms with E-state index in [4.69, 9.17) is 9.26 Å². The molecule has 1 aromatic heterocycles. The van der Waals surface area contributed by atoms with Gasteiger partial charge >= 0.3 is 5.97 Å². The second kappa shape index (κ2) is 6.83. The fourth-order valence-electron chi connectivity index (χ4n) is 2.41. The molecule has 1 saturated heterocycles. The molecule has 0 radical (unpaired) electrons. The number of carbonyl (C=O) groups excluding carboxylic acids is 1. The van der Waals surface area contributed by atoms with Crippen LogP contribution in [0.5, 0.6) is 0 Å². The van der Waals surface area contributed by atoms with Gasteiger partial charge in [0.05, 0.1) is 19.1 Å². The molecule has 2 rings (SSSR count). The van der Waals surface area contributed by atoms with Crippen LogP contribution in [0.25, 0.3) is 0 Å². The van der Waals surface area contributed by atoms with Gasteiger partial charge in [-0.05, 0) is 26.3 Å². The van der Waals surface area contributed by atoms with Gasteiger partial charge in [0.2, 0.25) is 5.89 Å². The minimum Gasteiger partial charge on any atom is -0.466 e. The molecule has 0 aromatic carbocycles. The molecule has 1 aliphatic heterocycles. The van der Waals surface area contributed by atoms with Crippen molar-refractivity contribution < 1.29 is 14.1 Å². The van der Waals surface area contributed by atoms with Crippen molar-refractivity contribution in [3.63, 3.8) is 0 Å². The lowest BCUT2D eigenvalue weighted by atomic mass is 9.98. The van der Waals surface area contributed by atoms with Crippen molar-refractivity contribution in [2.24, 2.45) is 5.92 Å². The van der Waals surface area contributed by atoms with Crippen molar-refractivity contribution in [2.45, 2.75) is 46.1 Å². The summed E-state index contributed by atoms with van der Waals surface area (Å²) < 4.78 is 10.4. The minimum atomic E-state index is -0.0920. The average molecular weight is 281 g/mol. The predicted octanol–water partition coefficient (Wildman–Crippen LogP) is 1.97. The highest BCUT2D eigenvalue weighted by Gasteiger charge is 2.27. The van der Waals surface area contributed by atoms with Crippen LogP contribution in [0.3, 0.4) is 0 Å². The maximum Gasteiger partial charge on any atom is 0.310 e. The van der Waals surface area contributed by atoms with Crippen LogP contribution in [0, 0.1) is 5.92 Å². The zero-order chi connectivity index (χ0) is 14.5. The topological polar surface area (TPSA) is 68.5 Å². The molecule has 0 N–H and O–H groups in total. The Morgan fingerprint density at radius 3 is 3.00 bits per heavy atom. The van der Waals surface area contributed by atoms with Crippen molar-refractivity contribution in [1.82, 2.24) is 15.0 Å². The van der Waals surface area contributed by atoms with E-state index in [9.17, 15) is 4.79 Å². The maximum absolute atomic E-state index is 11.8. The monoisotopic (exact) mass is 281 g/mol. The quantitative estimate of drug-likeness (QED) is 0.769. The van der Waals surface area contributed by atoms with E-state index < -0.39 is 0 Å². The molecule has 1 unspecified atom stereocenters. The van der Waals surface area contributed by atoms with Crippen molar-refractivity contribution in [3.05, 3.63) is 11.7 Å². The first-order valence-electron chi connectivity index (χ1n) is 7.31. The maximum atomic E-state index is 11.8. The van der Waals surface area contributed by atoms with Crippen LogP contribution in [-0.4, -0.2) is 40.7 Å². The van der Waals surface area contributed by atoms with Crippen LogP contribution < -0.4 is 0 Å². The summed E-state index contributed by atoms with van der Waals surface area (Å²) in [6, 6.07) is 0. The Morgan fingerprint density at radius 1 is 1.55 bits per heavy atom. The highest BCUT2D eigenvalue weighted by atomic mass is 16.5. The van der Waals surface area contributed by atoms with Crippen molar-refractivity contribution in [3.8, 4) is 0 Å². The third kappa shape index (κ3) is 3.79. The Hall–Kier alpha value is -1.43. The van der Waals surface area contributed by atoms with Crippen molar-refractivity contribution in [2.75, 3.05) is 19.7 Å². The number of nitrogens with zero attached hydrogens (tertiary/aromatic N) is 3. The predicted molar refractivity (Wildman–Crippen MR) is 73.0 cm³/mol. The van der Waals surface area contributed by atoms with Gasteiger partial charge in [-0.15, -0.1) is 0 Å². The largest absolute Gasteiger partial charge is 0.466 e. The van der Waals surface area contributed by atoms with Crippen LogP contribution in [0.2, 0.25) is 0 Å². The van der Waals surface area contributed by atoms with E-state index in [0.717, 1.165) is 25.2 Å². The normalized spacial score (nSPS) is 20.3. The number of hydrogen-bond donors (Lipinski definition) is 0. The van der Waals surface area contributed by atoms with Gasteiger partial charge in [0.15, 0.2) is 5.82 Å². The summed E-state index contributed by atoms with van der Waals surface area (Å²) in [6.45, 7) is 8.61. The van der Waals surface area contributed by atoms with Gasteiger partial charge in [0.25, 0.3) is 0 Å². The first kappa shape index (κ1) is 15.0. The third-order valence-electron chi connectivity index (χ3n) is 3.48. The number of hydrogen-bond acceptors (Lipinski definition) is 6. The Balaban J connectivity index is 1.90. The standard InChI is InChI=1S/C14H23N3O3/c1-4-19-14(18)11-6-5-7-17(8-11)9-12-15-13(10(2)3)16-20-12/h10-11H,4-9H2,1-3H3. The molecule has 0 saturated carbocycles. The Labute approximate surface area is 119 Å². The molecule has 0 amide bonds. The van der Waals surface area contributed by atoms with E-state index in [2.05, 4.69) is 15.0 Å². The van der Waals surface area contributed by atoms with Crippen LogP contribution in [0.15, 0.2) is 4.52 Å². The van der Waals surface area contributed by atoms with Gasteiger partial charge in [-0.2, -0.15) is 4.98 Å². The highest BCUT2D eigenvalue weighted by Crippen LogP contribution is 2.20. The van der Waals surface area contributed by atoms with Gasteiger partial charge in [0.1, 0.15) is 0 Å². The molecule has 1 atom stereocenters. The fraction of sp³-hybridized carbons (Fsp3) is 0.786.